The lowest BCUT2D eigenvalue weighted by molar-refractivity contribution is 0.0386. The molecule has 0 aromatic carbocycles. The monoisotopic (exact) mass is 254 g/mol. The summed E-state index contributed by atoms with van der Waals surface area (Å²) in [6.07, 6.45) is 1.30. The zero-order chi connectivity index (χ0) is 12.4. The van der Waals surface area contributed by atoms with Gasteiger partial charge in [-0.3, -0.25) is 4.79 Å². The molecule has 17 heavy (non-hydrogen) atoms. The van der Waals surface area contributed by atoms with Gasteiger partial charge in [-0.15, -0.1) is 11.3 Å². The van der Waals surface area contributed by atoms with Crippen molar-refractivity contribution in [1.29, 1.82) is 0 Å². The average Bonchev–Trinajstić information content (AvgIpc) is 2.71. The number of carbonyl (C=O) groups is 1. The lowest BCUT2D eigenvalue weighted by atomic mass is 10.2. The largest absolute Gasteiger partial charge is 0.397 e. The van der Waals surface area contributed by atoms with Crippen molar-refractivity contribution in [3.05, 3.63) is 10.9 Å². The summed E-state index contributed by atoms with van der Waals surface area (Å²) in [6.45, 7) is 6.17. The number of thiophene rings is 1. The lowest BCUT2D eigenvalue weighted by Gasteiger charge is -2.33. The van der Waals surface area contributed by atoms with E-state index in [0.29, 0.717) is 10.6 Å². The van der Waals surface area contributed by atoms with Crippen LogP contribution in [0.25, 0.3) is 0 Å². The first-order valence-corrected chi connectivity index (χ1v) is 6.70. The molecular weight excluding hydrogens is 236 g/mol. The second kappa shape index (κ2) is 5.06. The number of carbonyl (C=O) groups excluding carboxylic acids is 1. The number of rotatable bonds is 3. The maximum atomic E-state index is 11.4. The van der Waals surface area contributed by atoms with E-state index in [1.165, 1.54) is 11.3 Å². The standard InChI is InChI=1S/C12H18N2O2S/c1-3-9-7-14(4-5-16-9)11-6-10(13)12(17-11)8(2)15/h6,9H,3-5,7,13H2,1-2H3. The molecule has 4 nitrogen and oxygen atoms in total. The van der Waals surface area contributed by atoms with Gasteiger partial charge in [-0.1, -0.05) is 6.92 Å². The van der Waals surface area contributed by atoms with Crippen LogP contribution in [0.4, 0.5) is 10.7 Å². The zero-order valence-corrected chi connectivity index (χ0v) is 11.0. The minimum absolute atomic E-state index is 0.0408. The van der Waals surface area contributed by atoms with Crippen LogP contribution in [0.3, 0.4) is 0 Å². The molecule has 94 valence electrons. The van der Waals surface area contributed by atoms with Gasteiger partial charge in [0.2, 0.25) is 0 Å². The van der Waals surface area contributed by atoms with Crippen LogP contribution in [0.2, 0.25) is 0 Å². The third-order valence-electron chi connectivity index (χ3n) is 2.97. The lowest BCUT2D eigenvalue weighted by Crippen LogP contribution is -2.41. The number of hydrogen-bond acceptors (Lipinski definition) is 5. The highest BCUT2D eigenvalue weighted by Crippen LogP contribution is 2.33. The van der Waals surface area contributed by atoms with E-state index in [1.54, 1.807) is 6.92 Å². The first-order chi connectivity index (χ1) is 8.11. The maximum Gasteiger partial charge on any atom is 0.171 e. The van der Waals surface area contributed by atoms with E-state index in [2.05, 4.69) is 11.8 Å². The molecule has 0 radical (unpaired) electrons. The predicted molar refractivity (Wildman–Crippen MR) is 71.0 cm³/mol. The highest BCUT2D eigenvalue weighted by Gasteiger charge is 2.22. The summed E-state index contributed by atoms with van der Waals surface area (Å²) in [7, 11) is 0. The van der Waals surface area contributed by atoms with Crippen LogP contribution >= 0.6 is 11.3 Å². The van der Waals surface area contributed by atoms with Crippen LogP contribution in [0, 0.1) is 0 Å². The van der Waals surface area contributed by atoms with Gasteiger partial charge in [0.1, 0.15) is 0 Å². The fraction of sp³-hybridized carbons (Fsp3) is 0.583. The quantitative estimate of drug-likeness (QED) is 0.840. The molecule has 1 unspecified atom stereocenters. The smallest absolute Gasteiger partial charge is 0.171 e. The summed E-state index contributed by atoms with van der Waals surface area (Å²) in [6, 6.07) is 1.90. The number of Topliss-reactive ketones (excluding diaryl/α,β-unsaturated/α-hetero) is 1. The Morgan fingerprint density at radius 2 is 2.47 bits per heavy atom. The molecule has 1 aromatic rings. The van der Waals surface area contributed by atoms with Crippen molar-refractivity contribution < 1.29 is 9.53 Å². The molecule has 0 aliphatic carbocycles. The van der Waals surface area contributed by atoms with Gasteiger partial charge in [-0.2, -0.15) is 0 Å². The third-order valence-corrected chi connectivity index (χ3v) is 4.29. The van der Waals surface area contributed by atoms with E-state index >= 15 is 0 Å². The maximum absolute atomic E-state index is 11.4. The van der Waals surface area contributed by atoms with Crippen LogP contribution in [-0.2, 0) is 4.74 Å². The van der Waals surface area contributed by atoms with Gasteiger partial charge in [0.15, 0.2) is 5.78 Å². The fourth-order valence-corrected chi connectivity index (χ4v) is 3.00. The van der Waals surface area contributed by atoms with E-state index < -0.39 is 0 Å². The molecule has 0 bridgehead atoms. The van der Waals surface area contributed by atoms with Gasteiger partial charge in [0.25, 0.3) is 0 Å². The van der Waals surface area contributed by atoms with Crippen molar-refractivity contribution in [2.75, 3.05) is 30.3 Å². The van der Waals surface area contributed by atoms with E-state index in [9.17, 15) is 4.79 Å². The van der Waals surface area contributed by atoms with Crippen LogP contribution in [0.5, 0.6) is 0 Å². The molecular formula is C12H18N2O2S. The normalized spacial score (nSPS) is 20.6. The van der Waals surface area contributed by atoms with Crippen LogP contribution in [0.1, 0.15) is 29.9 Å². The Morgan fingerprint density at radius 1 is 1.71 bits per heavy atom. The number of ketones is 1. The van der Waals surface area contributed by atoms with Gasteiger partial charge in [-0.25, -0.2) is 0 Å². The molecule has 1 aliphatic rings. The third kappa shape index (κ3) is 2.61. The summed E-state index contributed by atoms with van der Waals surface area (Å²) in [5, 5.41) is 1.08. The first kappa shape index (κ1) is 12.4. The van der Waals surface area contributed by atoms with Crippen LogP contribution in [0.15, 0.2) is 6.07 Å². The molecule has 1 saturated heterocycles. The Balaban J connectivity index is 2.16. The Hall–Kier alpha value is -1.07. The van der Waals surface area contributed by atoms with Crippen molar-refractivity contribution in [3.8, 4) is 0 Å². The van der Waals surface area contributed by atoms with Crippen molar-refractivity contribution in [3.63, 3.8) is 0 Å². The summed E-state index contributed by atoms with van der Waals surface area (Å²) < 4.78 is 5.63. The van der Waals surface area contributed by atoms with E-state index in [1.807, 2.05) is 6.07 Å². The Labute approximate surface area is 105 Å². The second-order valence-electron chi connectivity index (χ2n) is 4.27. The van der Waals surface area contributed by atoms with Gasteiger partial charge in [-0.05, 0) is 12.5 Å². The van der Waals surface area contributed by atoms with Crippen molar-refractivity contribution in [2.24, 2.45) is 0 Å². The highest BCUT2D eigenvalue weighted by molar-refractivity contribution is 7.18. The molecule has 1 atom stereocenters. The zero-order valence-electron chi connectivity index (χ0n) is 10.2. The molecule has 2 rings (SSSR count). The van der Waals surface area contributed by atoms with E-state index in [0.717, 1.165) is 31.1 Å². The number of hydrogen-bond donors (Lipinski definition) is 1. The molecule has 1 fully saturated rings. The number of nitrogens with zero attached hydrogens (tertiary/aromatic N) is 1. The van der Waals surface area contributed by atoms with E-state index in [4.69, 9.17) is 10.5 Å². The minimum atomic E-state index is 0.0408. The highest BCUT2D eigenvalue weighted by atomic mass is 32.1. The minimum Gasteiger partial charge on any atom is -0.397 e. The molecule has 2 N–H and O–H groups in total. The SMILES string of the molecule is CCC1CN(c2cc(N)c(C(C)=O)s2)CCO1. The number of nitrogens with two attached hydrogens (primary N) is 1. The van der Waals surface area contributed by atoms with Gasteiger partial charge < -0.3 is 15.4 Å². The Morgan fingerprint density at radius 3 is 3.06 bits per heavy atom. The molecule has 0 amide bonds. The number of anilines is 2. The van der Waals surface area contributed by atoms with Gasteiger partial charge in [0.05, 0.1) is 28.3 Å². The summed E-state index contributed by atoms with van der Waals surface area (Å²) in [5.74, 6) is 0.0408. The van der Waals surface area contributed by atoms with E-state index in [-0.39, 0.29) is 11.9 Å². The topological polar surface area (TPSA) is 55.6 Å². The van der Waals surface area contributed by atoms with Gasteiger partial charge in [0, 0.05) is 20.0 Å². The number of nitrogen functional groups attached to an aromatic ring is 1. The summed E-state index contributed by atoms with van der Waals surface area (Å²) in [4.78, 5) is 14.3. The van der Waals surface area contributed by atoms with Crippen molar-refractivity contribution >= 4 is 27.8 Å². The average molecular weight is 254 g/mol. The second-order valence-corrected chi connectivity index (χ2v) is 5.30. The van der Waals surface area contributed by atoms with Crippen molar-refractivity contribution in [1.82, 2.24) is 0 Å². The number of ether oxygens (including phenoxy) is 1. The molecule has 5 heteroatoms. The predicted octanol–water partition coefficient (Wildman–Crippen LogP) is 2.15. The molecule has 1 aromatic heterocycles. The Kier molecular flexibility index (Phi) is 3.69. The van der Waals surface area contributed by atoms with Crippen LogP contribution in [-0.4, -0.2) is 31.6 Å². The molecule has 2 heterocycles. The summed E-state index contributed by atoms with van der Waals surface area (Å²) >= 11 is 1.48. The van der Waals surface area contributed by atoms with Crippen molar-refractivity contribution in [2.45, 2.75) is 26.4 Å². The molecule has 1 aliphatic heterocycles. The van der Waals surface area contributed by atoms with Gasteiger partial charge >= 0.3 is 0 Å². The first-order valence-electron chi connectivity index (χ1n) is 5.88. The summed E-state index contributed by atoms with van der Waals surface area (Å²) in [5.41, 5.74) is 6.44. The van der Waals surface area contributed by atoms with Crippen LogP contribution < -0.4 is 10.6 Å². The fourth-order valence-electron chi connectivity index (χ4n) is 1.99. The Bertz CT molecular complexity index is 417. The molecule has 0 spiro atoms. The number of morpholine rings is 1. The molecule has 0 saturated carbocycles.